The van der Waals surface area contributed by atoms with Gasteiger partial charge in [-0.15, -0.1) is 10.2 Å². The Bertz CT molecular complexity index is 840. The minimum Gasteiger partial charge on any atom is -0.349 e. The van der Waals surface area contributed by atoms with E-state index in [-0.39, 0.29) is 23.8 Å². The lowest BCUT2D eigenvalue weighted by atomic mass is 9.96. The molecule has 7 nitrogen and oxygen atoms in total. The summed E-state index contributed by atoms with van der Waals surface area (Å²) >= 11 is 1.44. The maximum absolute atomic E-state index is 12.8. The number of rotatable bonds is 5. The van der Waals surface area contributed by atoms with Crippen LogP contribution >= 0.6 is 11.3 Å². The van der Waals surface area contributed by atoms with Gasteiger partial charge < -0.3 is 10.2 Å². The van der Waals surface area contributed by atoms with Gasteiger partial charge in [-0.1, -0.05) is 41.7 Å². The molecular formula is C20H25N5O2S. The van der Waals surface area contributed by atoms with E-state index in [0.717, 1.165) is 43.0 Å². The topological polar surface area (TPSA) is 78.4 Å². The monoisotopic (exact) mass is 399 g/mol. The molecule has 0 aliphatic carbocycles. The van der Waals surface area contributed by atoms with Crippen molar-refractivity contribution in [3.63, 3.8) is 0 Å². The second-order valence-corrected chi connectivity index (χ2v) is 8.38. The van der Waals surface area contributed by atoms with E-state index in [0.29, 0.717) is 18.1 Å². The van der Waals surface area contributed by atoms with E-state index in [2.05, 4.69) is 20.4 Å². The molecule has 0 unspecified atom stereocenters. The summed E-state index contributed by atoms with van der Waals surface area (Å²) in [4.78, 5) is 28.6. The van der Waals surface area contributed by atoms with Crippen molar-refractivity contribution < 1.29 is 9.59 Å². The molecule has 28 heavy (non-hydrogen) atoms. The molecule has 1 N–H and O–H groups in total. The minimum absolute atomic E-state index is 0.0154. The van der Waals surface area contributed by atoms with E-state index in [1.165, 1.54) is 11.3 Å². The lowest BCUT2D eigenvalue weighted by Crippen LogP contribution is -2.43. The van der Waals surface area contributed by atoms with Crippen molar-refractivity contribution in [1.29, 1.82) is 0 Å². The Hall–Kier alpha value is -2.48. The van der Waals surface area contributed by atoms with Crippen molar-refractivity contribution in [2.24, 2.45) is 5.92 Å². The second kappa shape index (κ2) is 8.26. The Morgan fingerprint density at radius 2 is 1.96 bits per heavy atom. The van der Waals surface area contributed by atoms with Crippen LogP contribution in [0.2, 0.25) is 0 Å². The normalized spacial score (nSPS) is 21.0. The van der Waals surface area contributed by atoms with Gasteiger partial charge in [-0.25, -0.2) is 0 Å². The smallest absolute Gasteiger partial charge is 0.228 e. The van der Waals surface area contributed by atoms with Crippen LogP contribution in [0.25, 0.3) is 0 Å². The van der Waals surface area contributed by atoms with Gasteiger partial charge >= 0.3 is 0 Å². The van der Waals surface area contributed by atoms with E-state index >= 15 is 0 Å². The summed E-state index contributed by atoms with van der Waals surface area (Å²) in [6, 6.07) is 9.99. The van der Waals surface area contributed by atoms with Crippen LogP contribution < -0.4 is 15.1 Å². The summed E-state index contributed by atoms with van der Waals surface area (Å²) in [5.41, 5.74) is 1.10. The zero-order valence-electron chi connectivity index (χ0n) is 16.0. The van der Waals surface area contributed by atoms with Crippen LogP contribution in [0.5, 0.6) is 0 Å². The molecule has 2 amide bonds. The van der Waals surface area contributed by atoms with Crippen LogP contribution in [0.4, 0.5) is 10.3 Å². The zero-order valence-corrected chi connectivity index (χ0v) is 16.8. The molecule has 4 rings (SSSR count). The summed E-state index contributed by atoms with van der Waals surface area (Å²) < 4.78 is 0. The number of aromatic nitrogens is 2. The summed E-state index contributed by atoms with van der Waals surface area (Å²) in [6.45, 7) is 4.23. The van der Waals surface area contributed by atoms with Crippen LogP contribution in [0.1, 0.15) is 44.2 Å². The van der Waals surface area contributed by atoms with Crippen LogP contribution in [0.15, 0.2) is 30.3 Å². The maximum atomic E-state index is 12.8. The maximum Gasteiger partial charge on any atom is 0.228 e. The molecule has 1 aromatic carbocycles. The quantitative estimate of drug-likeness (QED) is 0.836. The van der Waals surface area contributed by atoms with Gasteiger partial charge in [0.05, 0.1) is 12.0 Å². The van der Waals surface area contributed by atoms with Crippen molar-refractivity contribution in [3.05, 3.63) is 35.9 Å². The van der Waals surface area contributed by atoms with Gasteiger partial charge in [-0.3, -0.25) is 14.5 Å². The van der Waals surface area contributed by atoms with Crippen molar-refractivity contribution >= 4 is 33.4 Å². The first-order valence-electron chi connectivity index (χ1n) is 9.86. The average Bonchev–Trinajstić information content (AvgIpc) is 3.37. The number of carbonyl (C=O) groups is 2. The molecule has 3 heterocycles. The lowest BCUT2D eigenvalue weighted by Gasteiger charge is -2.32. The lowest BCUT2D eigenvalue weighted by molar-refractivity contribution is -0.126. The highest BCUT2D eigenvalue weighted by atomic mass is 32.1. The molecule has 2 saturated heterocycles. The van der Waals surface area contributed by atoms with Gasteiger partial charge in [0.2, 0.25) is 22.1 Å². The standard InChI is InChI=1S/C20H25N5O2S/c1-14(15-7-3-2-4-8-15)21-18(27)16-9-5-11-24(13-16)19-22-23-20(28-19)25-12-6-10-17(25)26/h2-4,7-8,14,16H,5-6,9-13H2,1H3,(H,21,27)/t14-,16-/m0/s1. The zero-order chi connectivity index (χ0) is 19.5. The molecule has 2 aromatic rings. The molecule has 0 saturated carbocycles. The number of nitrogens with one attached hydrogen (secondary N) is 1. The second-order valence-electron chi connectivity index (χ2n) is 7.44. The third-order valence-electron chi connectivity index (χ3n) is 5.43. The summed E-state index contributed by atoms with van der Waals surface area (Å²) in [6.07, 6.45) is 3.27. The van der Waals surface area contributed by atoms with E-state index < -0.39 is 0 Å². The Morgan fingerprint density at radius 3 is 2.71 bits per heavy atom. The molecule has 0 bridgehead atoms. The molecule has 2 aliphatic heterocycles. The molecule has 8 heteroatoms. The van der Waals surface area contributed by atoms with Crippen LogP contribution in [-0.4, -0.2) is 41.6 Å². The third-order valence-corrected chi connectivity index (χ3v) is 6.44. The van der Waals surface area contributed by atoms with E-state index in [9.17, 15) is 9.59 Å². The number of piperidine rings is 1. The summed E-state index contributed by atoms with van der Waals surface area (Å²) in [5.74, 6) is 0.134. The molecule has 148 valence electrons. The number of amides is 2. The van der Waals surface area contributed by atoms with Crippen molar-refractivity contribution in [2.45, 2.75) is 38.6 Å². The highest BCUT2D eigenvalue weighted by Gasteiger charge is 2.30. The number of hydrogen-bond acceptors (Lipinski definition) is 6. The highest BCUT2D eigenvalue weighted by molar-refractivity contribution is 7.19. The van der Waals surface area contributed by atoms with Crippen LogP contribution in [-0.2, 0) is 9.59 Å². The highest BCUT2D eigenvalue weighted by Crippen LogP contribution is 2.32. The number of hydrogen-bond donors (Lipinski definition) is 1. The number of benzene rings is 1. The Labute approximate surface area is 168 Å². The molecule has 2 fully saturated rings. The van der Waals surface area contributed by atoms with Gasteiger partial charge in [-0.2, -0.15) is 0 Å². The first kappa shape index (κ1) is 18.9. The fourth-order valence-electron chi connectivity index (χ4n) is 3.82. The third kappa shape index (κ3) is 4.01. The van der Waals surface area contributed by atoms with Crippen LogP contribution in [0.3, 0.4) is 0 Å². The fraction of sp³-hybridized carbons (Fsp3) is 0.500. The Morgan fingerprint density at radius 1 is 1.18 bits per heavy atom. The van der Waals surface area contributed by atoms with E-state index in [1.807, 2.05) is 37.3 Å². The fourth-order valence-corrected chi connectivity index (χ4v) is 4.74. The average molecular weight is 400 g/mol. The number of anilines is 2. The Balaban J connectivity index is 1.38. The van der Waals surface area contributed by atoms with Crippen LogP contribution in [0, 0.1) is 5.92 Å². The van der Waals surface area contributed by atoms with E-state index in [1.54, 1.807) is 4.90 Å². The molecule has 0 radical (unpaired) electrons. The number of nitrogens with zero attached hydrogens (tertiary/aromatic N) is 4. The van der Waals surface area contributed by atoms with Crippen molar-refractivity contribution in [3.8, 4) is 0 Å². The van der Waals surface area contributed by atoms with Gasteiger partial charge in [0.15, 0.2) is 0 Å². The predicted octanol–water partition coefficient (Wildman–Crippen LogP) is 2.76. The predicted molar refractivity (Wildman–Crippen MR) is 109 cm³/mol. The molecular weight excluding hydrogens is 374 g/mol. The SMILES string of the molecule is C[C@H](NC(=O)[C@H]1CCCN(c2nnc(N3CCCC3=O)s2)C1)c1ccccc1. The molecule has 2 atom stereocenters. The van der Waals surface area contributed by atoms with Gasteiger partial charge in [0.1, 0.15) is 0 Å². The molecule has 2 aliphatic rings. The summed E-state index contributed by atoms with van der Waals surface area (Å²) in [7, 11) is 0. The largest absolute Gasteiger partial charge is 0.349 e. The van der Waals surface area contributed by atoms with Gasteiger partial charge in [0.25, 0.3) is 0 Å². The first-order valence-corrected chi connectivity index (χ1v) is 10.7. The minimum atomic E-state index is -0.0688. The van der Waals surface area contributed by atoms with Crippen molar-refractivity contribution in [1.82, 2.24) is 15.5 Å². The van der Waals surface area contributed by atoms with Crippen molar-refractivity contribution in [2.75, 3.05) is 29.4 Å². The van der Waals surface area contributed by atoms with E-state index in [4.69, 9.17) is 0 Å². The van der Waals surface area contributed by atoms with Gasteiger partial charge in [-0.05, 0) is 31.7 Å². The first-order chi connectivity index (χ1) is 13.6. The van der Waals surface area contributed by atoms with Gasteiger partial charge in [0, 0.05) is 26.1 Å². The summed E-state index contributed by atoms with van der Waals surface area (Å²) in [5, 5.41) is 13.1. The Kier molecular flexibility index (Phi) is 5.57. The molecule has 1 aromatic heterocycles. The number of carbonyl (C=O) groups excluding carboxylic acids is 2. The molecule has 0 spiro atoms.